The van der Waals surface area contributed by atoms with Crippen LogP contribution in [0.25, 0.3) is 0 Å². The summed E-state index contributed by atoms with van der Waals surface area (Å²) in [5, 5.41) is 7.05. The van der Waals surface area contributed by atoms with Crippen LogP contribution in [-0.4, -0.2) is 36.0 Å². The first-order chi connectivity index (χ1) is 13.2. The topological polar surface area (TPSA) is 39.7 Å². The monoisotopic (exact) mass is 364 g/mol. The first-order valence-corrected chi connectivity index (χ1v) is 10.1. The smallest absolute Gasteiger partial charge is 0.191 e. The van der Waals surface area contributed by atoms with E-state index in [1.54, 1.807) is 0 Å². The molecule has 1 aliphatic rings. The molecule has 0 bridgehead atoms. The number of guanidine groups is 1. The Morgan fingerprint density at radius 3 is 2.33 bits per heavy atom. The number of hydrogen-bond acceptors (Lipinski definition) is 2. The van der Waals surface area contributed by atoms with Crippen molar-refractivity contribution in [1.82, 2.24) is 15.5 Å². The predicted octanol–water partition coefficient (Wildman–Crippen LogP) is 3.79. The maximum Gasteiger partial charge on any atom is 0.191 e. The Balaban J connectivity index is 1.53. The molecule has 144 valence electrons. The van der Waals surface area contributed by atoms with Crippen molar-refractivity contribution in [2.75, 3.05) is 13.1 Å². The second kappa shape index (κ2) is 10.1. The van der Waals surface area contributed by atoms with Gasteiger partial charge in [0.25, 0.3) is 0 Å². The van der Waals surface area contributed by atoms with Gasteiger partial charge in [-0.2, -0.15) is 0 Å². The molecule has 1 saturated heterocycles. The van der Waals surface area contributed by atoms with Gasteiger partial charge in [-0.05, 0) is 37.8 Å². The summed E-state index contributed by atoms with van der Waals surface area (Å²) < 4.78 is 0. The number of hydrogen-bond donors (Lipinski definition) is 2. The van der Waals surface area contributed by atoms with Crippen LogP contribution >= 0.6 is 0 Å². The van der Waals surface area contributed by atoms with E-state index in [1.165, 1.54) is 11.1 Å². The van der Waals surface area contributed by atoms with Crippen LogP contribution in [0, 0.1) is 0 Å². The molecule has 3 rings (SSSR count). The van der Waals surface area contributed by atoms with E-state index in [0.717, 1.165) is 38.4 Å². The Labute approximate surface area is 163 Å². The van der Waals surface area contributed by atoms with E-state index in [0.29, 0.717) is 18.6 Å². The van der Waals surface area contributed by atoms with Gasteiger partial charge in [0.15, 0.2) is 5.96 Å². The third-order valence-electron chi connectivity index (χ3n) is 5.19. The van der Waals surface area contributed by atoms with Gasteiger partial charge in [0.2, 0.25) is 0 Å². The quantitative estimate of drug-likeness (QED) is 0.605. The molecule has 0 amide bonds. The normalized spacial score (nSPS) is 21.0. The van der Waals surface area contributed by atoms with E-state index in [4.69, 9.17) is 4.99 Å². The molecule has 0 aromatic heterocycles. The SMILES string of the molecule is CCNC(=NCc1ccccc1)NC1CCN(Cc2ccccc2)C(C)C1. The summed E-state index contributed by atoms with van der Waals surface area (Å²) in [5.41, 5.74) is 2.63. The van der Waals surface area contributed by atoms with Crippen molar-refractivity contribution in [3.05, 3.63) is 71.8 Å². The molecule has 1 heterocycles. The first kappa shape index (κ1) is 19.4. The summed E-state index contributed by atoms with van der Waals surface area (Å²) in [5.74, 6) is 0.926. The summed E-state index contributed by atoms with van der Waals surface area (Å²) in [6, 6.07) is 22.2. The maximum atomic E-state index is 4.77. The Bertz CT molecular complexity index is 699. The summed E-state index contributed by atoms with van der Waals surface area (Å²) >= 11 is 0. The molecule has 27 heavy (non-hydrogen) atoms. The van der Waals surface area contributed by atoms with Gasteiger partial charge in [0.05, 0.1) is 6.54 Å². The van der Waals surface area contributed by atoms with E-state index in [2.05, 4.69) is 84.0 Å². The third kappa shape index (κ3) is 6.10. The van der Waals surface area contributed by atoms with E-state index >= 15 is 0 Å². The van der Waals surface area contributed by atoms with Crippen molar-refractivity contribution in [3.63, 3.8) is 0 Å². The molecular weight excluding hydrogens is 332 g/mol. The minimum atomic E-state index is 0.473. The van der Waals surface area contributed by atoms with Gasteiger partial charge in [-0.25, -0.2) is 4.99 Å². The lowest BCUT2D eigenvalue weighted by Crippen LogP contribution is -2.51. The van der Waals surface area contributed by atoms with Gasteiger partial charge >= 0.3 is 0 Å². The van der Waals surface area contributed by atoms with E-state index in [9.17, 15) is 0 Å². The van der Waals surface area contributed by atoms with Crippen molar-refractivity contribution >= 4 is 5.96 Å². The van der Waals surface area contributed by atoms with Crippen LogP contribution in [0.5, 0.6) is 0 Å². The molecule has 0 radical (unpaired) electrons. The fourth-order valence-corrected chi connectivity index (χ4v) is 3.67. The lowest BCUT2D eigenvalue weighted by molar-refractivity contribution is 0.134. The lowest BCUT2D eigenvalue weighted by Gasteiger charge is -2.38. The Morgan fingerprint density at radius 2 is 1.70 bits per heavy atom. The molecule has 4 nitrogen and oxygen atoms in total. The number of aliphatic imine (C=N–C) groups is 1. The number of benzene rings is 2. The predicted molar refractivity (Wildman–Crippen MR) is 114 cm³/mol. The molecule has 4 heteroatoms. The van der Waals surface area contributed by atoms with E-state index in [-0.39, 0.29) is 0 Å². The molecule has 1 aliphatic heterocycles. The maximum absolute atomic E-state index is 4.77. The summed E-state index contributed by atoms with van der Waals surface area (Å²) in [7, 11) is 0. The van der Waals surface area contributed by atoms with Crippen molar-refractivity contribution < 1.29 is 0 Å². The molecule has 2 N–H and O–H groups in total. The van der Waals surface area contributed by atoms with Gasteiger partial charge in [-0.1, -0.05) is 60.7 Å². The average Bonchev–Trinajstić information content (AvgIpc) is 2.70. The fourth-order valence-electron chi connectivity index (χ4n) is 3.67. The zero-order chi connectivity index (χ0) is 18.9. The van der Waals surface area contributed by atoms with Crippen molar-refractivity contribution in [2.24, 2.45) is 4.99 Å². The molecule has 0 spiro atoms. The summed E-state index contributed by atoms with van der Waals surface area (Å²) in [4.78, 5) is 7.36. The number of piperidine rings is 1. The lowest BCUT2D eigenvalue weighted by atomic mass is 9.97. The van der Waals surface area contributed by atoms with Gasteiger partial charge < -0.3 is 10.6 Å². The van der Waals surface area contributed by atoms with Crippen LogP contribution in [0.4, 0.5) is 0 Å². The summed E-state index contributed by atoms with van der Waals surface area (Å²) in [6.07, 6.45) is 2.29. The highest BCUT2D eigenvalue weighted by Crippen LogP contribution is 2.20. The first-order valence-electron chi connectivity index (χ1n) is 10.1. The van der Waals surface area contributed by atoms with Crippen molar-refractivity contribution in [3.8, 4) is 0 Å². The number of likely N-dealkylation sites (tertiary alicyclic amines) is 1. The molecular formula is C23H32N4. The van der Waals surface area contributed by atoms with Crippen LogP contribution in [0.3, 0.4) is 0 Å². The van der Waals surface area contributed by atoms with Crippen LogP contribution in [-0.2, 0) is 13.1 Å². The Morgan fingerprint density at radius 1 is 1.04 bits per heavy atom. The number of nitrogens with one attached hydrogen (secondary N) is 2. The molecule has 1 fully saturated rings. The van der Waals surface area contributed by atoms with Gasteiger partial charge in [0, 0.05) is 31.7 Å². The van der Waals surface area contributed by atoms with E-state index < -0.39 is 0 Å². The van der Waals surface area contributed by atoms with Crippen LogP contribution in [0.15, 0.2) is 65.7 Å². The molecule has 0 aliphatic carbocycles. The van der Waals surface area contributed by atoms with E-state index in [1.807, 2.05) is 6.07 Å². The standard InChI is InChI=1S/C23H32N4/c1-3-24-23(25-17-20-10-6-4-7-11-20)26-22-14-15-27(19(2)16-22)18-21-12-8-5-9-13-21/h4-13,19,22H,3,14-18H2,1-2H3,(H2,24,25,26). The fraction of sp³-hybridized carbons (Fsp3) is 0.435. The zero-order valence-corrected chi connectivity index (χ0v) is 16.6. The zero-order valence-electron chi connectivity index (χ0n) is 16.6. The minimum absolute atomic E-state index is 0.473. The molecule has 2 atom stereocenters. The van der Waals surface area contributed by atoms with Crippen LogP contribution < -0.4 is 10.6 Å². The van der Waals surface area contributed by atoms with Crippen LogP contribution in [0.1, 0.15) is 37.8 Å². The average molecular weight is 365 g/mol. The van der Waals surface area contributed by atoms with Gasteiger partial charge in [-0.15, -0.1) is 0 Å². The molecule has 2 unspecified atom stereocenters. The number of rotatable bonds is 6. The second-order valence-corrected chi connectivity index (χ2v) is 7.35. The molecule has 2 aromatic rings. The van der Waals surface area contributed by atoms with Crippen LogP contribution in [0.2, 0.25) is 0 Å². The van der Waals surface area contributed by atoms with Crippen molar-refractivity contribution in [1.29, 1.82) is 0 Å². The highest BCUT2D eigenvalue weighted by atomic mass is 15.2. The minimum Gasteiger partial charge on any atom is -0.357 e. The van der Waals surface area contributed by atoms with Gasteiger partial charge in [-0.3, -0.25) is 4.90 Å². The van der Waals surface area contributed by atoms with Gasteiger partial charge in [0.1, 0.15) is 0 Å². The van der Waals surface area contributed by atoms with Crippen molar-refractivity contribution in [2.45, 2.75) is 51.9 Å². The third-order valence-corrected chi connectivity index (χ3v) is 5.19. The Kier molecular flexibility index (Phi) is 7.28. The molecule has 0 saturated carbocycles. The largest absolute Gasteiger partial charge is 0.357 e. The highest BCUT2D eigenvalue weighted by Gasteiger charge is 2.25. The number of nitrogens with zero attached hydrogens (tertiary/aromatic N) is 2. The Hall–Kier alpha value is -2.33. The summed E-state index contributed by atoms with van der Waals surface area (Å²) in [6.45, 7) is 8.19. The molecule has 2 aromatic carbocycles. The highest BCUT2D eigenvalue weighted by molar-refractivity contribution is 5.80. The second-order valence-electron chi connectivity index (χ2n) is 7.35.